The van der Waals surface area contributed by atoms with Gasteiger partial charge in [-0.15, -0.1) is 3.54 Å². The van der Waals surface area contributed by atoms with E-state index in [9.17, 15) is 0 Å². The summed E-state index contributed by atoms with van der Waals surface area (Å²) in [6, 6.07) is 0. The zero-order valence-electron chi connectivity index (χ0n) is 6.99. The lowest BCUT2D eigenvalue weighted by Crippen LogP contribution is -2.25. The smallest absolute Gasteiger partial charge is 0.306 e. The van der Waals surface area contributed by atoms with Crippen LogP contribution in [0.1, 0.15) is 39.5 Å². The van der Waals surface area contributed by atoms with E-state index >= 15 is 0 Å². The Morgan fingerprint density at radius 3 is 2.60 bits per heavy atom. The summed E-state index contributed by atoms with van der Waals surface area (Å²) >= 11 is 3.78. The molecular formula is C8H15BrMg. The van der Waals surface area contributed by atoms with E-state index in [1.165, 1.54) is 25.7 Å². The Morgan fingerprint density at radius 1 is 1.50 bits per heavy atom. The van der Waals surface area contributed by atoms with Gasteiger partial charge in [-0.3, -0.25) is 0 Å². The first kappa shape index (κ1) is 9.34. The standard InChI is InChI=1S/C8H15.BrH.Mg/c1-7-5-3-4-6-8(7)2;;/h7H,3-6H2,1-2H3;1H;/q;;+1/p-1. The van der Waals surface area contributed by atoms with E-state index in [1.807, 2.05) is 0 Å². The highest BCUT2D eigenvalue weighted by atomic mass is 79.9. The van der Waals surface area contributed by atoms with Crippen LogP contribution in [-0.4, -0.2) is 18.2 Å². The molecule has 0 spiro atoms. The lowest BCUT2D eigenvalue weighted by atomic mass is 9.80. The number of halogens is 1. The maximum Gasteiger partial charge on any atom is 0.475 e. The predicted octanol–water partition coefficient (Wildman–Crippen LogP) is 3.39. The molecular weight excluding hydrogens is 200 g/mol. The fourth-order valence-corrected chi connectivity index (χ4v) is 5.12. The van der Waals surface area contributed by atoms with Crippen LogP contribution in [0, 0.1) is 5.92 Å². The van der Waals surface area contributed by atoms with Crippen LogP contribution < -0.4 is 0 Å². The molecule has 1 fully saturated rings. The maximum atomic E-state index is 3.75. The molecule has 0 aromatic carbocycles. The molecule has 0 nitrogen and oxygen atoms in total. The molecule has 2 unspecified atom stereocenters. The molecule has 0 amide bonds. The second kappa shape index (κ2) is 3.77. The van der Waals surface area contributed by atoms with E-state index in [1.54, 1.807) is 0 Å². The van der Waals surface area contributed by atoms with Crippen molar-refractivity contribution in [3.8, 4) is 0 Å². The number of hydrogen-bond acceptors (Lipinski definition) is 0. The van der Waals surface area contributed by atoms with Crippen molar-refractivity contribution in [2.24, 2.45) is 5.92 Å². The van der Waals surface area contributed by atoms with Crippen molar-refractivity contribution < 1.29 is 0 Å². The van der Waals surface area contributed by atoms with E-state index in [-0.39, 0.29) is 18.2 Å². The SMILES string of the molecule is CC1CCCC[C]1(C)[Mg][Br]. The van der Waals surface area contributed by atoms with Gasteiger partial charge < -0.3 is 12.9 Å². The van der Waals surface area contributed by atoms with Gasteiger partial charge in [0.15, 0.2) is 0 Å². The minimum absolute atomic E-state index is 0.0368. The van der Waals surface area contributed by atoms with Crippen LogP contribution >= 0.6 is 12.9 Å². The third-order valence-corrected chi connectivity index (χ3v) is 8.63. The van der Waals surface area contributed by atoms with Crippen molar-refractivity contribution in [1.29, 1.82) is 0 Å². The lowest BCUT2D eigenvalue weighted by molar-refractivity contribution is 0.295. The molecule has 0 heterocycles. The van der Waals surface area contributed by atoms with Gasteiger partial charge in [-0.25, -0.2) is 0 Å². The van der Waals surface area contributed by atoms with Gasteiger partial charge in [0.05, 0.1) is 0 Å². The van der Waals surface area contributed by atoms with Gasteiger partial charge in [0.2, 0.25) is 0 Å². The summed E-state index contributed by atoms with van der Waals surface area (Å²) in [6.07, 6.45) is 5.89. The Balaban J connectivity index is 2.54. The van der Waals surface area contributed by atoms with Gasteiger partial charge in [0.25, 0.3) is 0 Å². The first-order valence-electron chi connectivity index (χ1n) is 4.25. The van der Waals surface area contributed by atoms with Gasteiger partial charge >= 0.3 is 18.2 Å². The predicted molar refractivity (Wildman–Crippen MR) is 50.7 cm³/mol. The second-order valence-corrected chi connectivity index (χ2v) is 7.50. The van der Waals surface area contributed by atoms with Crippen molar-refractivity contribution in [2.45, 2.75) is 43.1 Å². The van der Waals surface area contributed by atoms with Crippen molar-refractivity contribution in [3.63, 3.8) is 0 Å². The van der Waals surface area contributed by atoms with E-state index < -0.39 is 0 Å². The fourth-order valence-electron chi connectivity index (χ4n) is 1.77. The summed E-state index contributed by atoms with van der Waals surface area (Å²) in [5.41, 5.74) is 0. The molecule has 0 N–H and O–H groups in total. The zero-order valence-corrected chi connectivity index (χ0v) is 9.99. The summed E-state index contributed by atoms with van der Waals surface area (Å²) in [5, 5.41) is 0. The monoisotopic (exact) mass is 214 g/mol. The molecule has 10 heavy (non-hydrogen) atoms. The average Bonchev–Trinajstić information content (AvgIpc) is 1.96. The van der Waals surface area contributed by atoms with Crippen LogP contribution in [0.2, 0.25) is 3.54 Å². The van der Waals surface area contributed by atoms with Crippen molar-refractivity contribution in [1.82, 2.24) is 0 Å². The normalized spacial score (nSPS) is 40.9. The average molecular weight is 215 g/mol. The van der Waals surface area contributed by atoms with Crippen LogP contribution in [0.4, 0.5) is 0 Å². The van der Waals surface area contributed by atoms with Gasteiger partial charge in [-0.05, 0) is 0 Å². The first-order chi connectivity index (χ1) is 4.69. The number of rotatable bonds is 1. The van der Waals surface area contributed by atoms with Crippen LogP contribution in [0.5, 0.6) is 0 Å². The molecule has 0 radical (unpaired) electrons. The lowest BCUT2D eigenvalue weighted by Gasteiger charge is -2.38. The molecule has 2 atom stereocenters. The van der Waals surface area contributed by atoms with E-state index in [4.69, 9.17) is 0 Å². The molecule has 2 heteroatoms. The third kappa shape index (κ3) is 1.89. The minimum atomic E-state index is 0.0368. The highest BCUT2D eigenvalue weighted by Gasteiger charge is 2.33. The third-order valence-electron chi connectivity index (χ3n) is 3.13. The summed E-state index contributed by atoms with van der Waals surface area (Å²) < 4.78 is 0.734. The van der Waals surface area contributed by atoms with Gasteiger partial charge in [0, 0.05) is 0 Å². The van der Waals surface area contributed by atoms with Crippen LogP contribution in [0.25, 0.3) is 0 Å². The molecule has 1 aliphatic rings. The molecule has 0 aromatic rings. The van der Waals surface area contributed by atoms with Crippen LogP contribution in [-0.2, 0) is 0 Å². The summed E-state index contributed by atoms with van der Waals surface area (Å²) in [6.45, 7) is 4.89. The molecule has 56 valence electrons. The van der Waals surface area contributed by atoms with Crippen LogP contribution in [0.3, 0.4) is 0 Å². The minimum Gasteiger partial charge on any atom is -0.306 e. The second-order valence-electron chi connectivity index (χ2n) is 3.93. The molecule has 1 saturated carbocycles. The Labute approximate surface area is 79.7 Å². The highest BCUT2D eigenvalue weighted by Crippen LogP contribution is 2.46. The zero-order chi connectivity index (χ0) is 7.61. The highest BCUT2D eigenvalue weighted by molar-refractivity contribution is 9.23. The Morgan fingerprint density at radius 2 is 2.20 bits per heavy atom. The molecule has 0 aromatic heterocycles. The summed E-state index contributed by atoms with van der Waals surface area (Å²) in [5.74, 6) is 0.979. The molecule has 0 saturated heterocycles. The van der Waals surface area contributed by atoms with Gasteiger partial charge in [-0.2, -0.15) is 0 Å². The summed E-state index contributed by atoms with van der Waals surface area (Å²) in [4.78, 5) is 0. The van der Waals surface area contributed by atoms with Gasteiger partial charge in [0.1, 0.15) is 0 Å². The van der Waals surface area contributed by atoms with E-state index in [2.05, 4.69) is 26.7 Å². The maximum absolute atomic E-state index is 3.75. The van der Waals surface area contributed by atoms with Gasteiger partial charge in [-0.1, -0.05) is 45.4 Å². The first-order valence-corrected chi connectivity index (χ1v) is 8.85. The van der Waals surface area contributed by atoms with Crippen molar-refractivity contribution in [3.05, 3.63) is 0 Å². The molecule has 0 bridgehead atoms. The topological polar surface area (TPSA) is 0 Å². The number of hydrogen-bond donors (Lipinski definition) is 0. The fraction of sp³-hybridized carbons (Fsp3) is 1.00. The van der Waals surface area contributed by atoms with E-state index in [0.29, 0.717) is 0 Å². The van der Waals surface area contributed by atoms with Crippen molar-refractivity contribution in [2.75, 3.05) is 0 Å². The quantitative estimate of drug-likeness (QED) is 0.588. The molecule has 1 rings (SSSR count). The largest absolute Gasteiger partial charge is 0.475 e. The molecule has 0 aliphatic heterocycles. The van der Waals surface area contributed by atoms with E-state index in [0.717, 1.165) is 9.46 Å². The molecule has 1 aliphatic carbocycles. The Bertz CT molecular complexity index is 116. The Kier molecular flexibility index (Phi) is 3.52. The Hall–Kier alpha value is 1.25. The van der Waals surface area contributed by atoms with Crippen LogP contribution in [0.15, 0.2) is 0 Å². The summed E-state index contributed by atoms with van der Waals surface area (Å²) in [7, 11) is 0. The van der Waals surface area contributed by atoms with Crippen molar-refractivity contribution >= 4 is 31.1 Å².